The number of benzene rings is 2. The minimum absolute atomic E-state index is 0.387. The second kappa shape index (κ2) is 6.61. The fraction of sp³-hybridized carbons (Fsp3) is 0.188. The van der Waals surface area contributed by atoms with Crippen molar-refractivity contribution in [2.24, 2.45) is 0 Å². The average Bonchev–Trinajstić information content (AvgIpc) is 2.46. The van der Waals surface area contributed by atoms with Crippen LogP contribution in [0.1, 0.15) is 15.9 Å². The topological polar surface area (TPSA) is 61.5 Å². The lowest BCUT2D eigenvalue weighted by Crippen LogP contribution is -2.10. The normalized spacial score (nSPS) is 10.1. The summed E-state index contributed by atoms with van der Waals surface area (Å²) < 4.78 is 11.1. The predicted molar refractivity (Wildman–Crippen MR) is 78.4 cm³/mol. The first-order valence-electron chi connectivity index (χ1n) is 6.36. The van der Waals surface area contributed by atoms with Crippen LogP contribution in [0.15, 0.2) is 42.5 Å². The molecule has 0 aliphatic carbocycles. The zero-order valence-electron chi connectivity index (χ0n) is 11.3. The maximum absolute atomic E-state index is 10.6. The minimum Gasteiger partial charge on any atom is -0.490 e. The third-order valence-corrected chi connectivity index (χ3v) is 2.80. The van der Waals surface area contributed by atoms with Crippen molar-refractivity contribution in [3.63, 3.8) is 0 Å². The lowest BCUT2D eigenvalue weighted by Gasteiger charge is -2.10. The molecule has 0 aromatic heterocycles. The largest absolute Gasteiger partial charge is 0.490 e. The zero-order valence-corrected chi connectivity index (χ0v) is 11.3. The van der Waals surface area contributed by atoms with E-state index in [-0.39, 0.29) is 0 Å². The van der Waals surface area contributed by atoms with Crippen LogP contribution in [0.25, 0.3) is 0 Å². The highest BCUT2D eigenvalue weighted by atomic mass is 16.5. The standard InChI is InChI=1S/C16H17NO3/c1-12-2-5-14(6-3-12)19-8-9-20-16-7-4-13(11-18)10-15(16)17/h2-7,10-11H,8-9,17H2,1H3. The van der Waals surface area contributed by atoms with Gasteiger partial charge >= 0.3 is 0 Å². The molecule has 2 rings (SSSR count). The van der Waals surface area contributed by atoms with E-state index in [1.165, 1.54) is 5.56 Å². The molecule has 0 saturated heterocycles. The van der Waals surface area contributed by atoms with Crippen LogP contribution in [0.5, 0.6) is 11.5 Å². The van der Waals surface area contributed by atoms with Gasteiger partial charge in [-0.05, 0) is 37.3 Å². The van der Waals surface area contributed by atoms with E-state index in [4.69, 9.17) is 15.2 Å². The van der Waals surface area contributed by atoms with Crippen molar-refractivity contribution in [3.8, 4) is 11.5 Å². The van der Waals surface area contributed by atoms with Crippen LogP contribution < -0.4 is 15.2 Å². The van der Waals surface area contributed by atoms with Crippen molar-refractivity contribution in [2.45, 2.75) is 6.92 Å². The predicted octanol–water partition coefficient (Wildman–Crippen LogP) is 2.85. The number of rotatable bonds is 6. The van der Waals surface area contributed by atoms with Crippen molar-refractivity contribution in [1.82, 2.24) is 0 Å². The highest BCUT2D eigenvalue weighted by Crippen LogP contribution is 2.21. The summed E-state index contributed by atoms with van der Waals surface area (Å²) in [6, 6.07) is 12.8. The molecule has 0 fully saturated rings. The van der Waals surface area contributed by atoms with Gasteiger partial charge in [-0.1, -0.05) is 17.7 Å². The van der Waals surface area contributed by atoms with E-state index in [0.29, 0.717) is 30.2 Å². The molecular weight excluding hydrogens is 254 g/mol. The quantitative estimate of drug-likeness (QED) is 0.498. The maximum atomic E-state index is 10.6. The second-order valence-electron chi connectivity index (χ2n) is 4.43. The number of nitrogen functional groups attached to an aromatic ring is 1. The summed E-state index contributed by atoms with van der Waals surface area (Å²) in [5.74, 6) is 1.37. The Bertz CT molecular complexity index is 579. The van der Waals surface area contributed by atoms with Crippen molar-refractivity contribution in [2.75, 3.05) is 18.9 Å². The monoisotopic (exact) mass is 271 g/mol. The molecule has 0 aliphatic heterocycles. The van der Waals surface area contributed by atoms with E-state index < -0.39 is 0 Å². The first-order valence-corrected chi connectivity index (χ1v) is 6.36. The van der Waals surface area contributed by atoms with E-state index in [0.717, 1.165) is 12.0 Å². The van der Waals surface area contributed by atoms with Gasteiger partial charge in [-0.2, -0.15) is 0 Å². The fourth-order valence-electron chi connectivity index (χ4n) is 1.72. The highest BCUT2D eigenvalue weighted by molar-refractivity contribution is 5.78. The Balaban J connectivity index is 1.81. The smallest absolute Gasteiger partial charge is 0.150 e. The van der Waals surface area contributed by atoms with Gasteiger partial charge in [0.25, 0.3) is 0 Å². The molecule has 0 radical (unpaired) electrons. The van der Waals surface area contributed by atoms with E-state index >= 15 is 0 Å². The van der Waals surface area contributed by atoms with Crippen molar-refractivity contribution >= 4 is 12.0 Å². The van der Waals surface area contributed by atoms with Crippen LogP contribution in [0.3, 0.4) is 0 Å². The Morgan fingerprint density at radius 1 is 1.05 bits per heavy atom. The molecule has 104 valence electrons. The van der Waals surface area contributed by atoms with Gasteiger partial charge in [0.1, 0.15) is 31.0 Å². The molecule has 2 aromatic carbocycles. The third-order valence-electron chi connectivity index (χ3n) is 2.80. The number of carbonyl (C=O) groups excluding carboxylic acids is 1. The minimum atomic E-state index is 0.387. The number of nitrogens with two attached hydrogens (primary N) is 1. The molecule has 4 heteroatoms. The first-order chi connectivity index (χ1) is 9.69. The molecule has 2 aromatic rings. The summed E-state index contributed by atoms with van der Waals surface area (Å²) in [6.07, 6.45) is 0.751. The Morgan fingerprint density at radius 2 is 1.75 bits per heavy atom. The number of anilines is 1. The van der Waals surface area contributed by atoms with Crippen LogP contribution in [0.2, 0.25) is 0 Å². The molecule has 4 nitrogen and oxygen atoms in total. The van der Waals surface area contributed by atoms with Crippen molar-refractivity contribution < 1.29 is 14.3 Å². The first kappa shape index (κ1) is 13.9. The van der Waals surface area contributed by atoms with Gasteiger partial charge in [0.15, 0.2) is 0 Å². The molecule has 0 bridgehead atoms. The third kappa shape index (κ3) is 3.75. The van der Waals surface area contributed by atoms with Crippen molar-refractivity contribution in [1.29, 1.82) is 0 Å². The van der Waals surface area contributed by atoms with Crippen molar-refractivity contribution in [3.05, 3.63) is 53.6 Å². The van der Waals surface area contributed by atoms with Crippen LogP contribution in [-0.2, 0) is 0 Å². The van der Waals surface area contributed by atoms with Gasteiger partial charge in [0.05, 0.1) is 5.69 Å². The van der Waals surface area contributed by atoms with Gasteiger partial charge in [-0.3, -0.25) is 4.79 Å². The molecular formula is C16H17NO3. The van der Waals surface area contributed by atoms with Crippen LogP contribution >= 0.6 is 0 Å². The molecule has 0 aliphatic rings. The molecule has 0 atom stereocenters. The summed E-state index contributed by atoms with van der Waals surface area (Å²) in [4.78, 5) is 10.6. The average molecular weight is 271 g/mol. The number of aldehydes is 1. The fourth-order valence-corrected chi connectivity index (χ4v) is 1.72. The summed E-state index contributed by atoms with van der Waals surface area (Å²) in [5, 5.41) is 0. The lowest BCUT2D eigenvalue weighted by molar-refractivity contribution is 0.112. The van der Waals surface area contributed by atoms with Gasteiger partial charge in [0.2, 0.25) is 0 Å². The molecule has 0 spiro atoms. The van der Waals surface area contributed by atoms with E-state index in [9.17, 15) is 4.79 Å². The SMILES string of the molecule is Cc1ccc(OCCOc2ccc(C=O)cc2N)cc1. The molecule has 20 heavy (non-hydrogen) atoms. The van der Waals surface area contributed by atoms with Gasteiger partial charge in [-0.15, -0.1) is 0 Å². The Kier molecular flexibility index (Phi) is 4.60. The highest BCUT2D eigenvalue weighted by Gasteiger charge is 2.02. The summed E-state index contributed by atoms with van der Waals surface area (Å²) >= 11 is 0. The summed E-state index contributed by atoms with van der Waals surface area (Å²) in [5.41, 5.74) is 7.96. The van der Waals surface area contributed by atoms with E-state index in [2.05, 4.69) is 0 Å². The van der Waals surface area contributed by atoms with E-state index in [1.807, 2.05) is 31.2 Å². The van der Waals surface area contributed by atoms with Gasteiger partial charge < -0.3 is 15.2 Å². The number of aryl methyl sites for hydroxylation is 1. The molecule has 0 saturated carbocycles. The van der Waals surface area contributed by atoms with Crippen LogP contribution in [-0.4, -0.2) is 19.5 Å². The maximum Gasteiger partial charge on any atom is 0.150 e. The number of hydrogen-bond donors (Lipinski definition) is 1. The second-order valence-corrected chi connectivity index (χ2v) is 4.43. The summed E-state index contributed by atoms with van der Waals surface area (Å²) in [7, 11) is 0. The molecule has 0 unspecified atom stereocenters. The number of ether oxygens (including phenoxy) is 2. The summed E-state index contributed by atoms with van der Waals surface area (Å²) in [6.45, 7) is 2.84. The lowest BCUT2D eigenvalue weighted by atomic mass is 10.2. The molecule has 0 amide bonds. The van der Waals surface area contributed by atoms with E-state index in [1.54, 1.807) is 18.2 Å². The number of carbonyl (C=O) groups is 1. The Morgan fingerprint density at radius 3 is 2.40 bits per heavy atom. The molecule has 0 heterocycles. The van der Waals surface area contributed by atoms with Crippen LogP contribution in [0.4, 0.5) is 5.69 Å². The van der Waals surface area contributed by atoms with Gasteiger partial charge in [-0.25, -0.2) is 0 Å². The van der Waals surface area contributed by atoms with Crippen LogP contribution in [0, 0.1) is 6.92 Å². The molecule has 2 N–H and O–H groups in total. The Labute approximate surface area is 118 Å². The zero-order chi connectivity index (χ0) is 14.4. The number of hydrogen-bond acceptors (Lipinski definition) is 4. The van der Waals surface area contributed by atoms with Gasteiger partial charge in [0, 0.05) is 5.56 Å². The Hall–Kier alpha value is -2.49.